The number of piperidine rings is 1. The van der Waals surface area contributed by atoms with E-state index < -0.39 is 0 Å². The van der Waals surface area contributed by atoms with Gasteiger partial charge in [0.2, 0.25) is 0 Å². The summed E-state index contributed by atoms with van der Waals surface area (Å²) in [7, 11) is 2.19. The van der Waals surface area contributed by atoms with Gasteiger partial charge >= 0.3 is 0 Å². The second kappa shape index (κ2) is 6.44. The standard InChI is InChI=1S/C15H22ClNO/c1-3-13-10-14(16)4-5-15(13)18-11-12-6-8-17(2)9-7-12/h4-5,10,12H,3,6-9,11H2,1-2H3. The van der Waals surface area contributed by atoms with Gasteiger partial charge in [0.1, 0.15) is 5.75 Å². The maximum atomic E-state index is 6.00. The van der Waals surface area contributed by atoms with Crippen molar-refractivity contribution in [1.82, 2.24) is 4.90 Å². The Morgan fingerprint density at radius 2 is 2.06 bits per heavy atom. The van der Waals surface area contributed by atoms with Crippen LogP contribution in [0.2, 0.25) is 5.02 Å². The second-order valence-corrected chi connectivity index (χ2v) is 5.60. The Bertz CT molecular complexity index is 386. The summed E-state index contributed by atoms with van der Waals surface area (Å²) in [5.74, 6) is 1.70. The molecule has 100 valence electrons. The van der Waals surface area contributed by atoms with E-state index in [2.05, 4.69) is 18.9 Å². The molecule has 0 spiro atoms. The van der Waals surface area contributed by atoms with Gasteiger partial charge in [-0.15, -0.1) is 0 Å². The predicted octanol–water partition coefficient (Wildman–Crippen LogP) is 3.62. The van der Waals surface area contributed by atoms with Crippen molar-refractivity contribution in [1.29, 1.82) is 0 Å². The largest absolute Gasteiger partial charge is 0.493 e. The van der Waals surface area contributed by atoms with E-state index in [1.54, 1.807) is 0 Å². The minimum Gasteiger partial charge on any atom is -0.493 e. The highest BCUT2D eigenvalue weighted by Crippen LogP contribution is 2.25. The Balaban J connectivity index is 1.90. The molecule has 0 saturated carbocycles. The predicted molar refractivity (Wildman–Crippen MR) is 76.5 cm³/mol. The zero-order chi connectivity index (χ0) is 13.0. The molecule has 2 rings (SSSR count). The third-order valence-corrected chi connectivity index (χ3v) is 3.95. The summed E-state index contributed by atoms with van der Waals surface area (Å²) >= 11 is 6.00. The van der Waals surface area contributed by atoms with Crippen LogP contribution in [0.15, 0.2) is 18.2 Å². The molecular formula is C15H22ClNO. The lowest BCUT2D eigenvalue weighted by Crippen LogP contribution is -2.32. The molecule has 0 unspecified atom stereocenters. The number of nitrogens with zero attached hydrogens (tertiary/aromatic N) is 1. The van der Waals surface area contributed by atoms with E-state index in [0.29, 0.717) is 5.92 Å². The smallest absolute Gasteiger partial charge is 0.122 e. The molecule has 1 heterocycles. The van der Waals surface area contributed by atoms with Gasteiger partial charge in [0.25, 0.3) is 0 Å². The van der Waals surface area contributed by atoms with Crippen molar-refractivity contribution >= 4 is 11.6 Å². The van der Waals surface area contributed by atoms with E-state index in [-0.39, 0.29) is 0 Å². The van der Waals surface area contributed by atoms with Crippen molar-refractivity contribution in [2.24, 2.45) is 5.92 Å². The van der Waals surface area contributed by atoms with Crippen LogP contribution in [0.4, 0.5) is 0 Å². The molecule has 0 aliphatic carbocycles. The molecule has 0 aromatic heterocycles. The van der Waals surface area contributed by atoms with Crippen molar-refractivity contribution in [3.63, 3.8) is 0 Å². The molecule has 18 heavy (non-hydrogen) atoms. The lowest BCUT2D eigenvalue weighted by Gasteiger charge is -2.29. The Morgan fingerprint density at radius 1 is 1.33 bits per heavy atom. The van der Waals surface area contributed by atoms with E-state index in [1.165, 1.54) is 31.5 Å². The van der Waals surface area contributed by atoms with Crippen molar-refractivity contribution in [3.05, 3.63) is 28.8 Å². The van der Waals surface area contributed by atoms with E-state index in [1.807, 2.05) is 18.2 Å². The highest BCUT2D eigenvalue weighted by molar-refractivity contribution is 6.30. The molecule has 2 nitrogen and oxygen atoms in total. The Morgan fingerprint density at radius 3 is 2.72 bits per heavy atom. The summed E-state index contributed by atoms with van der Waals surface area (Å²) in [6.07, 6.45) is 3.44. The summed E-state index contributed by atoms with van der Waals surface area (Å²) in [6.45, 7) is 5.35. The number of likely N-dealkylation sites (tertiary alicyclic amines) is 1. The highest BCUT2D eigenvalue weighted by atomic mass is 35.5. The number of benzene rings is 1. The quantitative estimate of drug-likeness (QED) is 0.826. The zero-order valence-corrected chi connectivity index (χ0v) is 12.0. The van der Waals surface area contributed by atoms with Crippen LogP contribution in [0.1, 0.15) is 25.3 Å². The molecule has 0 bridgehead atoms. The number of rotatable bonds is 4. The fourth-order valence-corrected chi connectivity index (χ4v) is 2.60. The molecule has 0 atom stereocenters. The summed E-state index contributed by atoms with van der Waals surface area (Å²) in [6, 6.07) is 5.91. The van der Waals surface area contributed by atoms with Gasteiger partial charge in [-0.25, -0.2) is 0 Å². The van der Waals surface area contributed by atoms with Gasteiger partial charge < -0.3 is 9.64 Å². The van der Waals surface area contributed by atoms with Gasteiger partial charge in [-0.1, -0.05) is 18.5 Å². The minimum absolute atomic E-state index is 0.696. The Hall–Kier alpha value is -0.730. The van der Waals surface area contributed by atoms with E-state index >= 15 is 0 Å². The lowest BCUT2D eigenvalue weighted by molar-refractivity contribution is 0.159. The number of halogens is 1. The van der Waals surface area contributed by atoms with Crippen LogP contribution in [0.3, 0.4) is 0 Å². The maximum absolute atomic E-state index is 6.00. The highest BCUT2D eigenvalue weighted by Gasteiger charge is 2.17. The van der Waals surface area contributed by atoms with Gasteiger partial charge in [-0.2, -0.15) is 0 Å². The number of ether oxygens (including phenoxy) is 1. The minimum atomic E-state index is 0.696. The first kappa shape index (κ1) is 13.7. The van der Waals surface area contributed by atoms with Gasteiger partial charge in [0, 0.05) is 5.02 Å². The summed E-state index contributed by atoms with van der Waals surface area (Å²) in [4.78, 5) is 2.39. The van der Waals surface area contributed by atoms with Crippen molar-refractivity contribution in [2.75, 3.05) is 26.7 Å². The van der Waals surface area contributed by atoms with Crippen LogP contribution in [0.5, 0.6) is 5.75 Å². The number of hydrogen-bond acceptors (Lipinski definition) is 2. The molecule has 1 saturated heterocycles. The molecule has 3 heteroatoms. The van der Waals surface area contributed by atoms with Gasteiger partial charge in [0.15, 0.2) is 0 Å². The van der Waals surface area contributed by atoms with E-state index in [9.17, 15) is 0 Å². The molecule has 0 radical (unpaired) electrons. The fourth-order valence-electron chi connectivity index (χ4n) is 2.40. The number of aryl methyl sites for hydroxylation is 1. The fraction of sp³-hybridized carbons (Fsp3) is 0.600. The molecule has 1 aromatic carbocycles. The average Bonchev–Trinajstić information content (AvgIpc) is 2.39. The van der Waals surface area contributed by atoms with Crippen molar-refractivity contribution in [2.45, 2.75) is 26.2 Å². The first-order chi connectivity index (χ1) is 8.69. The number of hydrogen-bond donors (Lipinski definition) is 0. The molecule has 1 aliphatic heterocycles. The molecule has 1 aliphatic rings. The van der Waals surface area contributed by atoms with Crippen LogP contribution in [0.25, 0.3) is 0 Å². The first-order valence-corrected chi connectivity index (χ1v) is 7.16. The molecule has 1 aromatic rings. The summed E-state index contributed by atoms with van der Waals surface area (Å²) < 4.78 is 5.98. The van der Waals surface area contributed by atoms with Crippen molar-refractivity contribution in [3.8, 4) is 5.75 Å². The normalized spacial score (nSPS) is 17.9. The summed E-state index contributed by atoms with van der Waals surface area (Å²) in [5.41, 5.74) is 1.20. The van der Waals surface area contributed by atoms with Crippen LogP contribution < -0.4 is 4.74 Å². The lowest BCUT2D eigenvalue weighted by atomic mass is 9.98. The van der Waals surface area contributed by atoms with Crippen LogP contribution in [-0.2, 0) is 6.42 Å². The SMILES string of the molecule is CCc1cc(Cl)ccc1OCC1CCN(C)CC1. The van der Waals surface area contributed by atoms with Crippen LogP contribution in [-0.4, -0.2) is 31.6 Å². The van der Waals surface area contributed by atoms with E-state index in [0.717, 1.165) is 23.8 Å². The average molecular weight is 268 g/mol. The third kappa shape index (κ3) is 3.63. The Labute approximate surface area is 115 Å². The van der Waals surface area contributed by atoms with Crippen molar-refractivity contribution < 1.29 is 4.74 Å². The zero-order valence-electron chi connectivity index (χ0n) is 11.3. The maximum Gasteiger partial charge on any atom is 0.122 e. The first-order valence-electron chi connectivity index (χ1n) is 6.78. The molecule has 0 amide bonds. The second-order valence-electron chi connectivity index (χ2n) is 5.16. The topological polar surface area (TPSA) is 12.5 Å². The third-order valence-electron chi connectivity index (χ3n) is 3.72. The van der Waals surface area contributed by atoms with Gasteiger partial charge in [0.05, 0.1) is 6.61 Å². The molecular weight excluding hydrogens is 246 g/mol. The van der Waals surface area contributed by atoms with E-state index in [4.69, 9.17) is 16.3 Å². The molecule has 1 fully saturated rings. The summed E-state index contributed by atoms with van der Waals surface area (Å²) in [5, 5.41) is 0.790. The van der Waals surface area contributed by atoms with Gasteiger partial charge in [-0.05, 0) is 69.1 Å². The van der Waals surface area contributed by atoms with Gasteiger partial charge in [-0.3, -0.25) is 0 Å². The van der Waals surface area contributed by atoms with Crippen LogP contribution in [0, 0.1) is 5.92 Å². The monoisotopic (exact) mass is 267 g/mol. The van der Waals surface area contributed by atoms with Crippen LogP contribution >= 0.6 is 11.6 Å². The Kier molecular flexibility index (Phi) is 4.90. The molecule has 0 N–H and O–H groups in total.